The number of carbonyl (C=O) groups is 1. The molecular weight excluding hydrogens is 266 g/mol. The molecule has 0 bridgehead atoms. The molecule has 1 aliphatic rings. The Morgan fingerprint density at radius 1 is 1.42 bits per heavy atom. The maximum atomic E-state index is 12.0. The summed E-state index contributed by atoms with van der Waals surface area (Å²) in [6, 6.07) is 6.19. The fraction of sp³-hybridized carbons (Fsp3) is 0.308. The van der Waals surface area contributed by atoms with Gasteiger partial charge in [0.25, 0.3) is 0 Å². The van der Waals surface area contributed by atoms with Crippen molar-refractivity contribution in [3.8, 4) is 0 Å². The van der Waals surface area contributed by atoms with Crippen molar-refractivity contribution < 1.29 is 18.3 Å². The molecule has 6 heteroatoms. The van der Waals surface area contributed by atoms with E-state index in [1.165, 1.54) is 18.2 Å². The first-order valence-corrected chi connectivity index (χ1v) is 7.46. The number of rotatable bonds is 6. The summed E-state index contributed by atoms with van der Waals surface area (Å²) in [5, 5.41) is 8.54. The summed E-state index contributed by atoms with van der Waals surface area (Å²) < 4.78 is 26.6. The third-order valence-electron chi connectivity index (χ3n) is 2.85. The van der Waals surface area contributed by atoms with Crippen LogP contribution < -0.4 is 4.72 Å². The van der Waals surface area contributed by atoms with Crippen molar-refractivity contribution >= 4 is 22.1 Å². The highest BCUT2D eigenvalue weighted by molar-refractivity contribution is 7.89. The maximum absolute atomic E-state index is 12.0. The van der Waals surface area contributed by atoms with E-state index in [0.717, 1.165) is 18.9 Å². The largest absolute Gasteiger partial charge is 0.478 e. The van der Waals surface area contributed by atoms with Crippen molar-refractivity contribution in [2.45, 2.75) is 17.7 Å². The summed E-state index contributed by atoms with van der Waals surface area (Å²) in [5.74, 6) is -0.606. The fourth-order valence-corrected chi connectivity index (χ4v) is 2.76. The molecule has 0 heterocycles. The third kappa shape index (κ3) is 4.18. The van der Waals surface area contributed by atoms with Crippen molar-refractivity contribution in [3.05, 3.63) is 35.9 Å². The molecule has 0 radical (unpaired) electrons. The molecule has 2 rings (SSSR count). The summed E-state index contributed by atoms with van der Waals surface area (Å²) in [6.45, 7) is 0.470. The van der Waals surface area contributed by atoms with Gasteiger partial charge in [-0.05, 0) is 42.5 Å². The van der Waals surface area contributed by atoms with Crippen LogP contribution in [-0.2, 0) is 14.8 Å². The van der Waals surface area contributed by atoms with E-state index >= 15 is 0 Å². The van der Waals surface area contributed by atoms with Gasteiger partial charge in [-0.25, -0.2) is 17.9 Å². The molecular formula is C13H15NO4S. The van der Waals surface area contributed by atoms with Gasteiger partial charge in [0.2, 0.25) is 10.0 Å². The van der Waals surface area contributed by atoms with Crippen LogP contribution in [0.25, 0.3) is 6.08 Å². The highest BCUT2D eigenvalue weighted by Gasteiger charge is 2.24. The van der Waals surface area contributed by atoms with Gasteiger partial charge in [0.05, 0.1) is 4.90 Å². The topological polar surface area (TPSA) is 83.5 Å². The molecule has 19 heavy (non-hydrogen) atoms. The minimum atomic E-state index is -3.51. The first kappa shape index (κ1) is 13.8. The van der Waals surface area contributed by atoms with Crippen LogP contribution in [0.4, 0.5) is 0 Å². The Balaban J connectivity index is 2.14. The molecule has 1 saturated carbocycles. The van der Waals surface area contributed by atoms with Crippen molar-refractivity contribution in [1.29, 1.82) is 0 Å². The number of carboxylic acid groups (broad SMARTS) is 1. The van der Waals surface area contributed by atoms with Gasteiger partial charge in [0.15, 0.2) is 0 Å². The molecule has 0 spiro atoms. The van der Waals surface area contributed by atoms with Gasteiger partial charge in [-0.1, -0.05) is 12.1 Å². The molecule has 0 unspecified atom stereocenters. The van der Waals surface area contributed by atoms with E-state index in [1.54, 1.807) is 12.1 Å². The Morgan fingerprint density at radius 2 is 2.16 bits per heavy atom. The second-order valence-electron chi connectivity index (χ2n) is 4.54. The molecule has 1 aromatic carbocycles. The minimum absolute atomic E-state index is 0.153. The third-order valence-corrected chi connectivity index (χ3v) is 4.27. The second kappa shape index (κ2) is 5.54. The lowest BCUT2D eigenvalue weighted by atomic mass is 10.2. The van der Waals surface area contributed by atoms with Crippen molar-refractivity contribution in [2.24, 2.45) is 5.92 Å². The zero-order valence-electron chi connectivity index (χ0n) is 10.2. The number of aliphatic carboxylic acids is 1. The van der Waals surface area contributed by atoms with Gasteiger partial charge in [0.1, 0.15) is 0 Å². The summed E-state index contributed by atoms with van der Waals surface area (Å²) in [7, 11) is -3.51. The highest BCUT2D eigenvalue weighted by Crippen LogP contribution is 2.28. The Morgan fingerprint density at radius 3 is 2.79 bits per heavy atom. The van der Waals surface area contributed by atoms with Gasteiger partial charge in [0, 0.05) is 12.6 Å². The van der Waals surface area contributed by atoms with E-state index in [2.05, 4.69) is 4.72 Å². The molecule has 102 valence electrons. The van der Waals surface area contributed by atoms with E-state index < -0.39 is 16.0 Å². The lowest BCUT2D eigenvalue weighted by molar-refractivity contribution is -0.131. The predicted molar refractivity (Wildman–Crippen MR) is 71.0 cm³/mol. The van der Waals surface area contributed by atoms with Crippen molar-refractivity contribution in [3.63, 3.8) is 0 Å². The number of benzene rings is 1. The second-order valence-corrected chi connectivity index (χ2v) is 6.31. The molecule has 0 atom stereocenters. The average Bonchev–Trinajstić information content (AvgIpc) is 3.18. The van der Waals surface area contributed by atoms with Gasteiger partial charge in [-0.2, -0.15) is 0 Å². The lowest BCUT2D eigenvalue weighted by Crippen LogP contribution is -2.25. The van der Waals surface area contributed by atoms with Crippen LogP contribution in [0.3, 0.4) is 0 Å². The highest BCUT2D eigenvalue weighted by atomic mass is 32.2. The number of hydrogen-bond donors (Lipinski definition) is 2. The molecule has 2 N–H and O–H groups in total. The van der Waals surface area contributed by atoms with Gasteiger partial charge >= 0.3 is 5.97 Å². The first-order chi connectivity index (χ1) is 8.97. The lowest BCUT2D eigenvalue weighted by Gasteiger charge is -2.06. The number of hydrogen-bond acceptors (Lipinski definition) is 3. The van der Waals surface area contributed by atoms with Crippen LogP contribution in [0.15, 0.2) is 35.2 Å². The molecule has 1 aromatic rings. The molecule has 1 fully saturated rings. The monoisotopic (exact) mass is 281 g/mol. The normalized spacial score (nSPS) is 15.8. The Kier molecular flexibility index (Phi) is 4.01. The van der Waals surface area contributed by atoms with Crippen LogP contribution in [0, 0.1) is 5.92 Å². The van der Waals surface area contributed by atoms with Crippen LogP contribution >= 0.6 is 0 Å². The van der Waals surface area contributed by atoms with Crippen LogP contribution in [-0.4, -0.2) is 26.0 Å². The van der Waals surface area contributed by atoms with E-state index in [4.69, 9.17) is 5.11 Å². The van der Waals surface area contributed by atoms with Gasteiger partial charge in [-0.15, -0.1) is 0 Å². The summed E-state index contributed by atoms with van der Waals surface area (Å²) in [6.07, 6.45) is 4.49. The minimum Gasteiger partial charge on any atom is -0.478 e. The Bertz CT molecular complexity index is 603. The zero-order chi connectivity index (χ0) is 13.9. The standard InChI is InChI=1S/C13H15NO4S/c15-13(16)7-6-10-2-1-3-12(8-10)19(17,18)14-9-11-4-5-11/h1-3,6-8,11,14H,4-5,9H2,(H,15,16)/b7-6+. The molecule has 0 aromatic heterocycles. The van der Waals surface area contributed by atoms with Crippen LogP contribution in [0.1, 0.15) is 18.4 Å². The summed E-state index contributed by atoms with van der Waals surface area (Å²) in [4.78, 5) is 10.6. The predicted octanol–water partition coefficient (Wildman–Crippen LogP) is 1.47. The SMILES string of the molecule is O=C(O)/C=C/c1cccc(S(=O)(=O)NCC2CC2)c1. The molecule has 0 aliphatic heterocycles. The van der Waals surface area contributed by atoms with Crippen LogP contribution in [0.5, 0.6) is 0 Å². The summed E-state index contributed by atoms with van der Waals surface area (Å²) in [5.41, 5.74) is 0.539. The summed E-state index contributed by atoms with van der Waals surface area (Å²) >= 11 is 0. The first-order valence-electron chi connectivity index (χ1n) is 5.98. The van der Waals surface area contributed by atoms with Gasteiger partial charge < -0.3 is 5.11 Å². The van der Waals surface area contributed by atoms with E-state index in [1.807, 2.05) is 0 Å². The number of nitrogens with one attached hydrogen (secondary N) is 1. The van der Waals surface area contributed by atoms with Crippen molar-refractivity contribution in [1.82, 2.24) is 4.72 Å². The van der Waals surface area contributed by atoms with Crippen molar-refractivity contribution in [2.75, 3.05) is 6.54 Å². The zero-order valence-corrected chi connectivity index (χ0v) is 11.1. The number of sulfonamides is 1. The molecule has 1 aliphatic carbocycles. The van der Waals surface area contributed by atoms with E-state index in [0.29, 0.717) is 18.0 Å². The Labute approximate surface area is 112 Å². The van der Waals surface area contributed by atoms with E-state index in [9.17, 15) is 13.2 Å². The molecule has 0 saturated heterocycles. The fourth-order valence-electron chi connectivity index (χ4n) is 1.59. The quantitative estimate of drug-likeness (QED) is 0.773. The molecule has 5 nitrogen and oxygen atoms in total. The van der Waals surface area contributed by atoms with Gasteiger partial charge in [-0.3, -0.25) is 0 Å². The molecule has 0 amide bonds. The van der Waals surface area contributed by atoms with E-state index in [-0.39, 0.29) is 4.90 Å². The maximum Gasteiger partial charge on any atom is 0.328 e. The average molecular weight is 281 g/mol. The van der Waals surface area contributed by atoms with Crippen LogP contribution in [0.2, 0.25) is 0 Å². The number of carboxylic acids is 1. The Hall–Kier alpha value is -1.66. The smallest absolute Gasteiger partial charge is 0.328 e.